The largest absolute Gasteiger partial charge is 0.497 e. The van der Waals surface area contributed by atoms with Crippen molar-refractivity contribution < 1.29 is 14.3 Å². The Morgan fingerprint density at radius 2 is 1.81 bits per heavy atom. The van der Waals surface area contributed by atoms with Gasteiger partial charge in [-0.15, -0.1) is 4.73 Å². The van der Waals surface area contributed by atoms with E-state index in [4.69, 9.17) is 14.3 Å². The van der Waals surface area contributed by atoms with E-state index >= 15 is 0 Å². The van der Waals surface area contributed by atoms with Gasteiger partial charge in [0, 0.05) is 24.2 Å². The maximum atomic E-state index is 12.9. The molecule has 0 saturated carbocycles. The fourth-order valence-electron chi connectivity index (χ4n) is 3.45. The first kappa shape index (κ1) is 21.2. The lowest BCUT2D eigenvalue weighted by Crippen LogP contribution is -2.28. The molecule has 0 spiro atoms. The van der Waals surface area contributed by atoms with Gasteiger partial charge in [0.05, 0.1) is 31.0 Å². The molecule has 0 fully saturated rings. The fraction of sp³-hybridized carbons (Fsp3) is 0.208. The van der Waals surface area contributed by atoms with Gasteiger partial charge in [-0.2, -0.15) is 0 Å². The van der Waals surface area contributed by atoms with Crippen LogP contribution < -0.4 is 25.2 Å². The maximum absolute atomic E-state index is 12.9. The second kappa shape index (κ2) is 9.38. The third-order valence-corrected chi connectivity index (χ3v) is 5.11. The summed E-state index contributed by atoms with van der Waals surface area (Å²) in [6.45, 7) is 2.55. The number of hydrogen-bond acceptors (Lipinski definition) is 7. The molecule has 0 saturated heterocycles. The standard InChI is InChI=1S/C24H24N4O4/c1-16-23-20(25-13-18-9-10-19(30-2)11-21(18)31-3)12-22(29)28(24(23)27-15-26-16)32-14-17-7-5-4-6-8-17/h4-12,15,25H,13-14H2,1-3H3. The second-order valence-electron chi connectivity index (χ2n) is 7.14. The molecular formula is C24H24N4O4. The Hall–Kier alpha value is -4.07. The number of ether oxygens (including phenoxy) is 2. The third kappa shape index (κ3) is 4.34. The van der Waals surface area contributed by atoms with Crippen LogP contribution in [0.25, 0.3) is 11.0 Å². The number of nitrogens with one attached hydrogen (secondary N) is 1. The van der Waals surface area contributed by atoms with Crippen LogP contribution in [0.3, 0.4) is 0 Å². The molecule has 0 atom stereocenters. The van der Waals surface area contributed by atoms with Crippen LogP contribution in [-0.2, 0) is 13.2 Å². The Balaban J connectivity index is 1.67. The number of aromatic nitrogens is 3. The highest BCUT2D eigenvalue weighted by atomic mass is 16.7. The summed E-state index contributed by atoms with van der Waals surface area (Å²) in [7, 11) is 3.22. The zero-order chi connectivity index (χ0) is 22.5. The van der Waals surface area contributed by atoms with Gasteiger partial charge in [-0.1, -0.05) is 30.3 Å². The number of rotatable bonds is 8. The van der Waals surface area contributed by atoms with Gasteiger partial charge < -0.3 is 19.6 Å². The number of fused-ring (bicyclic) bond motifs is 1. The maximum Gasteiger partial charge on any atom is 0.287 e. The van der Waals surface area contributed by atoms with Crippen molar-refractivity contribution >= 4 is 16.7 Å². The Bertz CT molecular complexity index is 1290. The van der Waals surface area contributed by atoms with Crippen molar-refractivity contribution in [1.29, 1.82) is 0 Å². The smallest absolute Gasteiger partial charge is 0.287 e. The number of nitrogens with zero attached hydrogens (tertiary/aromatic N) is 3. The monoisotopic (exact) mass is 432 g/mol. The van der Waals surface area contributed by atoms with Crippen molar-refractivity contribution in [2.45, 2.75) is 20.1 Å². The molecule has 2 aromatic heterocycles. The highest BCUT2D eigenvalue weighted by Crippen LogP contribution is 2.27. The number of hydrogen-bond donors (Lipinski definition) is 1. The predicted octanol–water partition coefficient (Wildman–Crippen LogP) is 3.36. The molecular weight excluding hydrogens is 408 g/mol. The Labute approximate surface area is 185 Å². The molecule has 2 heterocycles. The first-order chi connectivity index (χ1) is 15.6. The average Bonchev–Trinajstić information content (AvgIpc) is 2.82. The molecule has 32 heavy (non-hydrogen) atoms. The molecule has 4 aromatic rings. The van der Waals surface area contributed by atoms with Gasteiger partial charge in [0.1, 0.15) is 24.4 Å². The first-order valence-electron chi connectivity index (χ1n) is 10.1. The molecule has 8 nitrogen and oxygen atoms in total. The van der Waals surface area contributed by atoms with Crippen LogP contribution in [0.1, 0.15) is 16.8 Å². The molecule has 0 radical (unpaired) electrons. The highest BCUT2D eigenvalue weighted by Gasteiger charge is 2.15. The molecule has 0 amide bonds. The number of benzene rings is 2. The van der Waals surface area contributed by atoms with Crippen LogP contribution in [0, 0.1) is 6.92 Å². The lowest BCUT2D eigenvalue weighted by Gasteiger charge is -2.16. The minimum atomic E-state index is -0.323. The van der Waals surface area contributed by atoms with Crippen molar-refractivity contribution in [3.8, 4) is 11.5 Å². The van der Waals surface area contributed by atoms with Crippen molar-refractivity contribution in [2.75, 3.05) is 19.5 Å². The molecule has 0 bridgehead atoms. The van der Waals surface area contributed by atoms with E-state index in [1.165, 1.54) is 17.1 Å². The van der Waals surface area contributed by atoms with Crippen molar-refractivity contribution in [3.63, 3.8) is 0 Å². The summed E-state index contributed by atoms with van der Waals surface area (Å²) in [6.07, 6.45) is 1.43. The van der Waals surface area contributed by atoms with E-state index in [1.807, 2.05) is 55.5 Å². The van der Waals surface area contributed by atoms with Gasteiger partial charge >= 0.3 is 0 Å². The number of anilines is 1. The van der Waals surface area contributed by atoms with Crippen LogP contribution in [0.2, 0.25) is 0 Å². The lowest BCUT2D eigenvalue weighted by atomic mass is 10.1. The van der Waals surface area contributed by atoms with Gasteiger partial charge in [0.25, 0.3) is 5.56 Å². The van der Waals surface area contributed by atoms with Crippen molar-refractivity contribution in [2.24, 2.45) is 0 Å². The Morgan fingerprint density at radius 3 is 2.56 bits per heavy atom. The van der Waals surface area contributed by atoms with E-state index < -0.39 is 0 Å². The predicted molar refractivity (Wildman–Crippen MR) is 122 cm³/mol. The summed E-state index contributed by atoms with van der Waals surface area (Å²) in [6, 6.07) is 16.7. The van der Waals surface area contributed by atoms with Crippen molar-refractivity contribution in [3.05, 3.63) is 88.1 Å². The molecule has 0 unspecified atom stereocenters. The number of methoxy groups -OCH3 is 2. The highest BCUT2D eigenvalue weighted by molar-refractivity contribution is 5.90. The molecule has 2 aromatic carbocycles. The summed E-state index contributed by atoms with van der Waals surface area (Å²) in [5, 5.41) is 4.04. The zero-order valence-corrected chi connectivity index (χ0v) is 18.2. The normalized spacial score (nSPS) is 10.7. The minimum absolute atomic E-state index is 0.245. The summed E-state index contributed by atoms with van der Waals surface area (Å²) in [5.74, 6) is 1.40. The van der Waals surface area contributed by atoms with Crippen LogP contribution in [0.4, 0.5) is 5.69 Å². The minimum Gasteiger partial charge on any atom is -0.497 e. The molecule has 0 aliphatic heterocycles. The number of pyridine rings is 1. The summed E-state index contributed by atoms with van der Waals surface area (Å²) in [5.41, 5.74) is 3.31. The molecule has 0 aliphatic rings. The molecule has 8 heteroatoms. The Kier molecular flexibility index (Phi) is 6.21. The van der Waals surface area contributed by atoms with Crippen LogP contribution >= 0.6 is 0 Å². The van der Waals surface area contributed by atoms with Crippen molar-refractivity contribution in [1.82, 2.24) is 14.7 Å². The van der Waals surface area contributed by atoms with Gasteiger partial charge in [0.15, 0.2) is 5.65 Å². The lowest BCUT2D eigenvalue weighted by molar-refractivity contribution is 0.0979. The van der Waals surface area contributed by atoms with Gasteiger partial charge in [-0.3, -0.25) is 4.79 Å². The van der Waals surface area contributed by atoms with E-state index in [0.717, 1.165) is 16.8 Å². The van der Waals surface area contributed by atoms with Crippen LogP contribution in [0.15, 0.2) is 65.7 Å². The van der Waals surface area contributed by atoms with E-state index in [2.05, 4.69) is 15.3 Å². The van der Waals surface area contributed by atoms with Gasteiger partial charge in [0.2, 0.25) is 0 Å². The fourth-order valence-corrected chi connectivity index (χ4v) is 3.45. The van der Waals surface area contributed by atoms with E-state index in [-0.39, 0.29) is 12.2 Å². The summed E-state index contributed by atoms with van der Waals surface area (Å²) < 4.78 is 11.9. The van der Waals surface area contributed by atoms with E-state index in [0.29, 0.717) is 34.8 Å². The van der Waals surface area contributed by atoms with Crippen LogP contribution in [-0.4, -0.2) is 28.9 Å². The Morgan fingerprint density at radius 1 is 1.00 bits per heavy atom. The molecule has 164 valence electrons. The van der Waals surface area contributed by atoms with Gasteiger partial charge in [-0.25, -0.2) is 9.97 Å². The second-order valence-corrected chi connectivity index (χ2v) is 7.14. The molecule has 1 N–H and O–H groups in total. The SMILES string of the molecule is COc1ccc(CNc2cc(=O)n(OCc3ccccc3)c3ncnc(C)c23)c(OC)c1. The summed E-state index contributed by atoms with van der Waals surface area (Å²) in [4.78, 5) is 27.4. The topological polar surface area (TPSA) is 87.5 Å². The third-order valence-electron chi connectivity index (χ3n) is 5.11. The first-order valence-corrected chi connectivity index (χ1v) is 10.1. The molecule has 4 rings (SSSR count). The van der Waals surface area contributed by atoms with E-state index in [9.17, 15) is 4.79 Å². The quantitative estimate of drug-likeness (QED) is 0.457. The summed E-state index contributed by atoms with van der Waals surface area (Å²) >= 11 is 0. The van der Waals surface area contributed by atoms with Gasteiger partial charge in [-0.05, 0) is 24.6 Å². The number of aryl methyl sites for hydroxylation is 1. The molecule has 0 aliphatic carbocycles. The van der Waals surface area contributed by atoms with E-state index in [1.54, 1.807) is 14.2 Å². The zero-order valence-electron chi connectivity index (χ0n) is 18.2. The average molecular weight is 432 g/mol. The van der Waals surface area contributed by atoms with Crippen LogP contribution in [0.5, 0.6) is 11.5 Å².